The molecule has 2 aromatic carbocycles. The Morgan fingerprint density at radius 2 is 1.91 bits per heavy atom. The van der Waals surface area contributed by atoms with Crippen molar-refractivity contribution >= 4 is 16.8 Å². The van der Waals surface area contributed by atoms with Gasteiger partial charge in [0, 0.05) is 35.4 Å². The molecule has 0 atom stereocenters. The maximum absolute atomic E-state index is 13.8. The summed E-state index contributed by atoms with van der Waals surface area (Å²) in [5.74, 6) is -1.10. The average molecular weight is 456 g/mol. The van der Waals surface area contributed by atoms with Gasteiger partial charge in [-0.05, 0) is 37.1 Å². The molecule has 0 fully saturated rings. The van der Waals surface area contributed by atoms with Crippen LogP contribution in [0.25, 0.3) is 22.2 Å². The van der Waals surface area contributed by atoms with Crippen LogP contribution in [0.1, 0.15) is 21.7 Å². The lowest BCUT2D eigenvalue weighted by Crippen LogP contribution is -2.40. The van der Waals surface area contributed by atoms with Crippen LogP contribution in [0, 0.1) is 12.7 Å². The minimum absolute atomic E-state index is 0.0891. The van der Waals surface area contributed by atoms with Crippen molar-refractivity contribution in [2.75, 3.05) is 13.1 Å². The van der Waals surface area contributed by atoms with Gasteiger partial charge < -0.3 is 9.88 Å². The number of halogens is 4. The summed E-state index contributed by atoms with van der Waals surface area (Å²) in [6, 6.07) is 12.8. The topological polar surface area (TPSA) is 61.9 Å². The molecule has 2 heterocycles. The van der Waals surface area contributed by atoms with Gasteiger partial charge in [-0.3, -0.25) is 4.79 Å². The molecule has 4 aromatic rings. The smallest absolute Gasteiger partial charge is 0.361 e. The molecule has 0 unspecified atom stereocenters. The normalized spacial score (nSPS) is 11.7. The first-order valence-corrected chi connectivity index (χ1v) is 10.2. The number of hydrogen-bond acceptors (Lipinski definition) is 3. The van der Waals surface area contributed by atoms with Crippen molar-refractivity contribution in [2.45, 2.75) is 19.5 Å². The monoisotopic (exact) mass is 456 g/mol. The summed E-state index contributed by atoms with van der Waals surface area (Å²) < 4.78 is 53.9. The van der Waals surface area contributed by atoms with Gasteiger partial charge in [-0.1, -0.05) is 30.3 Å². The summed E-state index contributed by atoms with van der Waals surface area (Å²) in [5, 5.41) is 0.885. The Labute approximate surface area is 187 Å². The van der Waals surface area contributed by atoms with E-state index in [9.17, 15) is 22.4 Å². The molecule has 1 N–H and O–H groups in total. The van der Waals surface area contributed by atoms with Crippen molar-refractivity contribution in [3.8, 4) is 11.3 Å². The van der Waals surface area contributed by atoms with Gasteiger partial charge in [-0.25, -0.2) is 14.4 Å². The Hall–Kier alpha value is -3.75. The van der Waals surface area contributed by atoms with Crippen LogP contribution in [0.3, 0.4) is 0 Å². The molecule has 170 valence electrons. The summed E-state index contributed by atoms with van der Waals surface area (Å²) in [6.07, 6.45) is -1.46. The van der Waals surface area contributed by atoms with Gasteiger partial charge in [-0.15, -0.1) is 0 Å². The third-order valence-corrected chi connectivity index (χ3v) is 5.22. The van der Waals surface area contributed by atoms with Crippen LogP contribution < -0.4 is 0 Å². The molecule has 0 saturated heterocycles. The van der Waals surface area contributed by atoms with Crippen molar-refractivity contribution in [3.63, 3.8) is 0 Å². The number of nitrogens with one attached hydrogen (secondary N) is 1. The first-order chi connectivity index (χ1) is 15.7. The predicted molar refractivity (Wildman–Crippen MR) is 116 cm³/mol. The molecule has 0 bridgehead atoms. The largest absolute Gasteiger partial charge is 0.406 e. The number of carbonyl (C=O) groups is 1. The van der Waals surface area contributed by atoms with E-state index in [0.717, 1.165) is 21.4 Å². The van der Waals surface area contributed by atoms with E-state index in [1.807, 2.05) is 24.3 Å². The van der Waals surface area contributed by atoms with E-state index in [2.05, 4.69) is 15.0 Å². The number of amides is 1. The molecule has 0 aliphatic heterocycles. The average Bonchev–Trinajstić information content (AvgIpc) is 3.18. The van der Waals surface area contributed by atoms with Gasteiger partial charge >= 0.3 is 6.18 Å². The Morgan fingerprint density at radius 3 is 2.67 bits per heavy atom. The number of nitrogens with zero attached hydrogens (tertiary/aromatic N) is 3. The molecule has 33 heavy (non-hydrogen) atoms. The van der Waals surface area contributed by atoms with Gasteiger partial charge in [-0.2, -0.15) is 13.2 Å². The molecule has 0 saturated carbocycles. The number of aromatic amines is 1. The first-order valence-electron chi connectivity index (χ1n) is 10.2. The molecule has 2 aromatic heterocycles. The van der Waals surface area contributed by atoms with E-state index in [4.69, 9.17) is 0 Å². The SMILES string of the molecule is Cc1ncc(C(=O)N(CCc2c[nH]c3ccccc23)CC(F)(F)F)c(-c2cccc(F)c2)n1. The summed E-state index contributed by atoms with van der Waals surface area (Å²) in [6.45, 7) is -0.0110. The zero-order valence-electron chi connectivity index (χ0n) is 17.7. The van der Waals surface area contributed by atoms with E-state index in [1.54, 1.807) is 19.2 Å². The number of carbonyl (C=O) groups excluding carboxylic acids is 1. The number of hydrogen-bond donors (Lipinski definition) is 1. The van der Waals surface area contributed by atoms with Gasteiger partial charge in [0.1, 0.15) is 18.2 Å². The fourth-order valence-electron chi connectivity index (χ4n) is 3.72. The number of benzene rings is 2. The van der Waals surface area contributed by atoms with Gasteiger partial charge in [0.15, 0.2) is 0 Å². The van der Waals surface area contributed by atoms with Crippen LogP contribution in [0.5, 0.6) is 0 Å². The Morgan fingerprint density at radius 1 is 1.12 bits per heavy atom. The number of para-hydroxylation sites is 1. The number of rotatable bonds is 6. The third kappa shape index (κ3) is 5.19. The van der Waals surface area contributed by atoms with Crippen LogP contribution in [0.4, 0.5) is 17.6 Å². The van der Waals surface area contributed by atoms with E-state index in [-0.39, 0.29) is 29.8 Å². The highest BCUT2D eigenvalue weighted by molar-refractivity contribution is 5.99. The van der Waals surface area contributed by atoms with Crippen molar-refractivity contribution in [1.82, 2.24) is 19.9 Å². The quantitative estimate of drug-likeness (QED) is 0.400. The summed E-state index contributed by atoms with van der Waals surface area (Å²) >= 11 is 0. The highest BCUT2D eigenvalue weighted by Gasteiger charge is 2.34. The molecule has 0 spiro atoms. The zero-order valence-corrected chi connectivity index (χ0v) is 17.7. The minimum Gasteiger partial charge on any atom is -0.361 e. The number of H-pyrrole nitrogens is 1. The van der Waals surface area contributed by atoms with Crippen molar-refractivity contribution < 1.29 is 22.4 Å². The molecule has 0 radical (unpaired) electrons. The Kier molecular flexibility index (Phi) is 6.13. The van der Waals surface area contributed by atoms with E-state index >= 15 is 0 Å². The lowest BCUT2D eigenvalue weighted by Gasteiger charge is -2.25. The Bertz CT molecular complexity index is 1300. The van der Waals surface area contributed by atoms with Crippen molar-refractivity contribution in [1.29, 1.82) is 0 Å². The molecule has 9 heteroatoms. The third-order valence-electron chi connectivity index (χ3n) is 5.22. The lowest BCUT2D eigenvalue weighted by molar-refractivity contribution is -0.140. The summed E-state index contributed by atoms with van der Waals surface area (Å²) in [7, 11) is 0. The zero-order chi connectivity index (χ0) is 23.6. The lowest BCUT2D eigenvalue weighted by atomic mass is 10.1. The second-order valence-electron chi connectivity index (χ2n) is 7.64. The summed E-state index contributed by atoms with van der Waals surface area (Å²) in [4.78, 5) is 25.3. The Balaban J connectivity index is 1.67. The van der Waals surface area contributed by atoms with Gasteiger partial charge in [0.2, 0.25) is 0 Å². The molecular formula is C24H20F4N4O. The number of alkyl halides is 3. The van der Waals surface area contributed by atoms with E-state index in [0.29, 0.717) is 5.82 Å². The molecule has 4 rings (SSSR count). The van der Waals surface area contributed by atoms with Crippen molar-refractivity contribution in [2.24, 2.45) is 0 Å². The van der Waals surface area contributed by atoms with Gasteiger partial charge in [0.25, 0.3) is 5.91 Å². The van der Waals surface area contributed by atoms with Gasteiger partial charge in [0.05, 0.1) is 11.3 Å². The van der Waals surface area contributed by atoms with Crippen LogP contribution in [0.15, 0.2) is 60.9 Å². The highest BCUT2D eigenvalue weighted by Crippen LogP contribution is 2.26. The first kappa shape index (κ1) is 22.4. The molecule has 1 amide bonds. The molecule has 0 aliphatic carbocycles. The van der Waals surface area contributed by atoms with Crippen LogP contribution >= 0.6 is 0 Å². The number of aryl methyl sites for hydroxylation is 1. The predicted octanol–water partition coefficient (Wildman–Crippen LogP) is 5.32. The standard InChI is InChI=1S/C24H20F4N4O/c1-15-29-13-20(22(31-15)16-5-4-6-18(25)11-16)23(33)32(14-24(26,27)28)10-9-17-12-30-21-8-3-2-7-19(17)21/h2-8,11-13,30H,9-10,14H2,1H3. The number of aromatic nitrogens is 3. The van der Waals surface area contributed by atoms with E-state index in [1.165, 1.54) is 24.4 Å². The fraction of sp³-hybridized carbons (Fsp3) is 0.208. The fourth-order valence-corrected chi connectivity index (χ4v) is 3.72. The van der Waals surface area contributed by atoms with E-state index < -0.39 is 24.4 Å². The number of fused-ring (bicyclic) bond motifs is 1. The minimum atomic E-state index is -4.60. The second kappa shape index (κ2) is 9.01. The molecule has 0 aliphatic rings. The molecule has 5 nitrogen and oxygen atoms in total. The van der Waals surface area contributed by atoms with Crippen LogP contribution in [-0.4, -0.2) is 45.0 Å². The summed E-state index contributed by atoms with van der Waals surface area (Å²) in [5.41, 5.74) is 1.92. The molecular weight excluding hydrogens is 436 g/mol. The van der Waals surface area contributed by atoms with Crippen LogP contribution in [-0.2, 0) is 6.42 Å². The van der Waals surface area contributed by atoms with Crippen LogP contribution in [0.2, 0.25) is 0 Å². The highest BCUT2D eigenvalue weighted by atomic mass is 19.4. The van der Waals surface area contributed by atoms with Crippen molar-refractivity contribution in [3.05, 3.63) is 83.7 Å². The second-order valence-corrected chi connectivity index (χ2v) is 7.64. The maximum Gasteiger partial charge on any atom is 0.406 e. The maximum atomic E-state index is 13.8.